The average Bonchev–Trinajstić information content (AvgIpc) is 2.93. The third-order valence-electron chi connectivity index (χ3n) is 3.73. The second-order valence-corrected chi connectivity index (χ2v) is 5.55. The maximum Gasteiger partial charge on any atom is 0.122 e. The monoisotopic (exact) mass is 265 g/mol. The molecule has 1 unspecified atom stereocenters. The van der Waals surface area contributed by atoms with E-state index in [0.29, 0.717) is 12.1 Å². The van der Waals surface area contributed by atoms with Crippen molar-refractivity contribution < 1.29 is 0 Å². The predicted molar refractivity (Wildman–Crippen MR) is 82.2 cm³/mol. The van der Waals surface area contributed by atoms with Crippen LogP contribution in [0.15, 0.2) is 12.4 Å². The molecule has 0 radical (unpaired) electrons. The van der Waals surface area contributed by atoms with Gasteiger partial charge in [0.1, 0.15) is 5.82 Å². The van der Waals surface area contributed by atoms with E-state index >= 15 is 0 Å². The van der Waals surface area contributed by atoms with Crippen LogP contribution in [0.1, 0.15) is 84.0 Å². The van der Waals surface area contributed by atoms with E-state index in [1.807, 2.05) is 12.4 Å². The lowest BCUT2D eigenvalue weighted by molar-refractivity contribution is 0.378. The smallest absolute Gasteiger partial charge is 0.122 e. The summed E-state index contributed by atoms with van der Waals surface area (Å²) in [6, 6.07) is 0.960. The second-order valence-electron chi connectivity index (χ2n) is 5.55. The first-order valence-corrected chi connectivity index (χ1v) is 8.03. The summed E-state index contributed by atoms with van der Waals surface area (Å²) in [6.45, 7) is 6.74. The Labute approximate surface area is 118 Å². The SMILES string of the molecule is CCCCCC(CCCCC)NC(C)c1ncc[nH]1. The number of hydrogen-bond acceptors (Lipinski definition) is 2. The highest BCUT2D eigenvalue weighted by atomic mass is 15.0. The maximum atomic E-state index is 4.34. The van der Waals surface area contributed by atoms with Gasteiger partial charge in [0.25, 0.3) is 0 Å². The molecule has 1 atom stereocenters. The van der Waals surface area contributed by atoms with E-state index in [-0.39, 0.29) is 0 Å². The summed E-state index contributed by atoms with van der Waals surface area (Å²) < 4.78 is 0. The molecular formula is C16H31N3. The number of unbranched alkanes of at least 4 members (excludes halogenated alkanes) is 4. The minimum Gasteiger partial charge on any atom is -0.347 e. The molecule has 1 rings (SSSR count). The van der Waals surface area contributed by atoms with E-state index < -0.39 is 0 Å². The van der Waals surface area contributed by atoms with Gasteiger partial charge in [0.15, 0.2) is 0 Å². The van der Waals surface area contributed by atoms with E-state index in [9.17, 15) is 0 Å². The van der Waals surface area contributed by atoms with E-state index in [4.69, 9.17) is 0 Å². The van der Waals surface area contributed by atoms with Crippen LogP contribution < -0.4 is 5.32 Å². The highest BCUT2D eigenvalue weighted by molar-refractivity contribution is 4.94. The van der Waals surface area contributed by atoms with Gasteiger partial charge in [0, 0.05) is 18.4 Å². The molecule has 0 spiro atoms. The molecule has 2 N–H and O–H groups in total. The van der Waals surface area contributed by atoms with Crippen molar-refractivity contribution in [2.75, 3.05) is 0 Å². The van der Waals surface area contributed by atoms with Gasteiger partial charge in [-0.25, -0.2) is 4.98 Å². The third kappa shape index (κ3) is 6.76. The Balaban J connectivity index is 2.37. The summed E-state index contributed by atoms with van der Waals surface area (Å²) in [5.74, 6) is 1.05. The summed E-state index contributed by atoms with van der Waals surface area (Å²) >= 11 is 0. The molecule has 1 heterocycles. The van der Waals surface area contributed by atoms with Crippen LogP contribution in [0, 0.1) is 0 Å². The lowest BCUT2D eigenvalue weighted by Crippen LogP contribution is -2.32. The van der Waals surface area contributed by atoms with Crippen LogP contribution >= 0.6 is 0 Å². The van der Waals surface area contributed by atoms with Crippen molar-refractivity contribution in [1.82, 2.24) is 15.3 Å². The van der Waals surface area contributed by atoms with E-state index in [0.717, 1.165) is 5.82 Å². The molecule has 0 amide bonds. The van der Waals surface area contributed by atoms with Gasteiger partial charge in [-0.05, 0) is 19.8 Å². The molecule has 1 aromatic heterocycles. The molecule has 1 aromatic rings. The molecule has 3 nitrogen and oxygen atoms in total. The quantitative estimate of drug-likeness (QED) is 0.575. The van der Waals surface area contributed by atoms with Gasteiger partial charge in [0.2, 0.25) is 0 Å². The third-order valence-corrected chi connectivity index (χ3v) is 3.73. The van der Waals surface area contributed by atoms with Gasteiger partial charge < -0.3 is 10.3 Å². The molecule has 0 saturated carbocycles. The summed E-state index contributed by atoms with van der Waals surface area (Å²) in [4.78, 5) is 7.55. The van der Waals surface area contributed by atoms with Crippen molar-refractivity contribution >= 4 is 0 Å². The molecule has 0 saturated heterocycles. The Morgan fingerprint density at radius 3 is 2.21 bits per heavy atom. The zero-order valence-electron chi connectivity index (χ0n) is 12.9. The van der Waals surface area contributed by atoms with E-state index in [1.165, 1.54) is 51.4 Å². The minimum absolute atomic E-state index is 0.322. The largest absolute Gasteiger partial charge is 0.347 e. The lowest BCUT2D eigenvalue weighted by atomic mass is 10.0. The van der Waals surface area contributed by atoms with Gasteiger partial charge in [-0.3, -0.25) is 0 Å². The molecular weight excluding hydrogens is 234 g/mol. The fourth-order valence-corrected chi connectivity index (χ4v) is 2.54. The van der Waals surface area contributed by atoms with Crippen molar-refractivity contribution in [1.29, 1.82) is 0 Å². The van der Waals surface area contributed by atoms with E-state index in [1.54, 1.807) is 0 Å². The topological polar surface area (TPSA) is 40.7 Å². The Morgan fingerprint density at radius 1 is 1.11 bits per heavy atom. The Morgan fingerprint density at radius 2 is 1.74 bits per heavy atom. The van der Waals surface area contributed by atoms with Crippen LogP contribution in [-0.4, -0.2) is 16.0 Å². The van der Waals surface area contributed by atoms with Crippen LogP contribution in [0.25, 0.3) is 0 Å². The van der Waals surface area contributed by atoms with Crippen molar-refractivity contribution in [3.63, 3.8) is 0 Å². The van der Waals surface area contributed by atoms with Gasteiger partial charge in [-0.1, -0.05) is 52.4 Å². The normalized spacial score (nSPS) is 13.1. The molecule has 0 aromatic carbocycles. The number of nitrogens with zero attached hydrogens (tertiary/aromatic N) is 1. The number of imidazole rings is 1. The molecule has 0 aliphatic heterocycles. The first kappa shape index (κ1) is 16.2. The number of hydrogen-bond donors (Lipinski definition) is 2. The molecule has 0 aliphatic carbocycles. The van der Waals surface area contributed by atoms with Crippen molar-refractivity contribution in [2.24, 2.45) is 0 Å². The Kier molecular flexibility index (Phi) is 8.55. The highest BCUT2D eigenvalue weighted by Crippen LogP contribution is 2.15. The zero-order valence-corrected chi connectivity index (χ0v) is 12.9. The van der Waals surface area contributed by atoms with Gasteiger partial charge in [-0.15, -0.1) is 0 Å². The average molecular weight is 265 g/mol. The first-order valence-electron chi connectivity index (χ1n) is 8.03. The first-order chi connectivity index (χ1) is 9.27. The molecule has 19 heavy (non-hydrogen) atoms. The standard InChI is InChI=1S/C16H31N3/c1-4-6-8-10-15(11-9-7-5-2)19-14(3)16-17-12-13-18-16/h12-15,19H,4-11H2,1-3H3,(H,17,18). The molecule has 0 aliphatic rings. The van der Waals surface area contributed by atoms with Crippen molar-refractivity contribution in [2.45, 2.75) is 84.2 Å². The van der Waals surface area contributed by atoms with E-state index in [2.05, 4.69) is 36.1 Å². The summed E-state index contributed by atoms with van der Waals surface area (Å²) in [5.41, 5.74) is 0. The van der Waals surface area contributed by atoms with Gasteiger partial charge in [-0.2, -0.15) is 0 Å². The zero-order chi connectivity index (χ0) is 13.9. The predicted octanol–water partition coefficient (Wildman–Crippen LogP) is 4.59. The number of aromatic amines is 1. The summed E-state index contributed by atoms with van der Waals surface area (Å²) in [5, 5.41) is 3.74. The highest BCUT2D eigenvalue weighted by Gasteiger charge is 2.14. The Bertz CT molecular complexity index is 285. The number of nitrogens with one attached hydrogen (secondary N) is 2. The number of rotatable bonds is 11. The van der Waals surface area contributed by atoms with Crippen LogP contribution in [0.5, 0.6) is 0 Å². The molecule has 110 valence electrons. The molecule has 3 heteroatoms. The van der Waals surface area contributed by atoms with Crippen LogP contribution in [-0.2, 0) is 0 Å². The van der Waals surface area contributed by atoms with Gasteiger partial charge >= 0.3 is 0 Å². The van der Waals surface area contributed by atoms with Gasteiger partial charge in [0.05, 0.1) is 6.04 Å². The van der Waals surface area contributed by atoms with Crippen molar-refractivity contribution in [3.05, 3.63) is 18.2 Å². The lowest BCUT2D eigenvalue weighted by Gasteiger charge is -2.22. The maximum absolute atomic E-state index is 4.34. The second kappa shape index (κ2) is 10.0. The van der Waals surface area contributed by atoms with Crippen LogP contribution in [0.3, 0.4) is 0 Å². The molecule has 0 fully saturated rings. The fourth-order valence-electron chi connectivity index (χ4n) is 2.54. The molecule has 0 bridgehead atoms. The fraction of sp³-hybridized carbons (Fsp3) is 0.812. The van der Waals surface area contributed by atoms with Crippen LogP contribution in [0.2, 0.25) is 0 Å². The minimum atomic E-state index is 0.322. The summed E-state index contributed by atoms with van der Waals surface area (Å²) in [7, 11) is 0. The summed E-state index contributed by atoms with van der Waals surface area (Å²) in [6.07, 6.45) is 14.3. The Hall–Kier alpha value is -0.830. The van der Waals surface area contributed by atoms with Crippen LogP contribution in [0.4, 0.5) is 0 Å². The number of H-pyrrole nitrogens is 1. The van der Waals surface area contributed by atoms with Crippen molar-refractivity contribution in [3.8, 4) is 0 Å². The number of aromatic nitrogens is 2.